The van der Waals surface area contributed by atoms with Gasteiger partial charge in [0.2, 0.25) is 0 Å². The average Bonchev–Trinajstić information content (AvgIpc) is 3.35. The number of pyridine rings is 1. The van der Waals surface area contributed by atoms with Gasteiger partial charge < -0.3 is 24.6 Å². The number of rotatable bonds is 5. The van der Waals surface area contributed by atoms with E-state index in [9.17, 15) is 5.11 Å². The van der Waals surface area contributed by atoms with E-state index in [-0.39, 0.29) is 17.8 Å². The molecule has 2 N–H and O–H groups in total. The molecule has 0 bridgehead atoms. The first-order valence-corrected chi connectivity index (χ1v) is 12.0. The normalized spacial score (nSPS) is 17.5. The molecule has 4 aromatic rings. The van der Waals surface area contributed by atoms with Crippen molar-refractivity contribution in [2.75, 3.05) is 12.0 Å². The number of methoxy groups -OCH3 is 1. The molecule has 1 aliphatic rings. The number of nitrogens with zero attached hydrogens (tertiary/aromatic N) is 3. The Balaban J connectivity index is 1.70. The number of phenolic OH excluding ortho intramolecular Hbond substituents is 1. The van der Waals surface area contributed by atoms with Gasteiger partial charge in [0.15, 0.2) is 5.11 Å². The SMILES string of the molecule is COc1ccc(Cl)cc1-n1c(C)cc(C2C(c3ccccn3)NC(=S)N2c2ccc(O)cc2)c1C. The van der Waals surface area contributed by atoms with Gasteiger partial charge in [-0.1, -0.05) is 17.7 Å². The minimum absolute atomic E-state index is 0.173. The molecule has 1 saturated heterocycles. The molecule has 178 valence electrons. The van der Waals surface area contributed by atoms with Gasteiger partial charge in [0.05, 0.1) is 30.6 Å². The molecular formula is C27H25ClN4O2S. The van der Waals surface area contributed by atoms with Gasteiger partial charge in [-0.25, -0.2) is 0 Å². The van der Waals surface area contributed by atoms with Crippen LogP contribution in [0.2, 0.25) is 5.02 Å². The topological polar surface area (TPSA) is 62.5 Å². The van der Waals surface area contributed by atoms with E-state index in [4.69, 9.17) is 28.6 Å². The smallest absolute Gasteiger partial charge is 0.174 e. The number of aryl methyl sites for hydroxylation is 1. The molecule has 2 unspecified atom stereocenters. The second-order valence-electron chi connectivity index (χ2n) is 8.49. The van der Waals surface area contributed by atoms with Gasteiger partial charge >= 0.3 is 0 Å². The van der Waals surface area contributed by atoms with E-state index in [1.165, 1.54) is 0 Å². The largest absolute Gasteiger partial charge is 0.508 e. The summed E-state index contributed by atoms with van der Waals surface area (Å²) >= 11 is 12.2. The van der Waals surface area contributed by atoms with Crippen molar-refractivity contribution in [2.24, 2.45) is 0 Å². The van der Waals surface area contributed by atoms with Crippen molar-refractivity contribution in [3.63, 3.8) is 0 Å². The fourth-order valence-electron chi connectivity index (χ4n) is 4.86. The van der Waals surface area contributed by atoms with Crippen molar-refractivity contribution >= 4 is 34.6 Å². The van der Waals surface area contributed by atoms with Crippen LogP contribution in [0, 0.1) is 13.8 Å². The molecule has 8 heteroatoms. The summed E-state index contributed by atoms with van der Waals surface area (Å²) in [4.78, 5) is 6.73. The molecule has 0 amide bonds. The lowest BCUT2D eigenvalue weighted by Crippen LogP contribution is -2.29. The maximum absolute atomic E-state index is 9.86. The Bertz CT molecular complexity index is 1390. The monoisotopic (exact) mass is 504 g/mol. The second-order valence-corrected chi connectivity index (χ2v) is 9.31. The summed E-state index contributed by atoms with van der Waals surface area (Å²) in [7, 11) is 1.66. The van der Waals surface area contributed by atoms with Crippen molar-refractivity contribution in [2.45, 2.75) is 25.9 Å². The van der Waals surface area contributed by atoms with Gasteiger partial charge in [-0.05, 0) is 92.3 Å². The summed E-state index contributed by atoms with van der Waals surface area (Å²) in [6.45, 7) is 4.16. The third-order valence-electron chi connectivity index (χ3n) is 6.40. The van der Waals surface area contributed by atoms with Crippen LogP contribution in [0.4, 0.5) is 5.69 Å². The van der Waals surface area contributed by atoms with Gasteiger partial charge in [0, 0.05) is 28.3 Å². The van der Waals surface area contributed by atoms with Crippen molar-refractivity contribution in [1.29, 1.82) is 0 Å². The molecule has 0 radical (unpaired) electrons. The lowest BCUT2D eigenvalue weighted by Gasteiger charge is -2.28. The van der Waals surface area contributed by atoms with Crippen LogP contribution < -0.4 is 15.0 Å². The van der Waals surface area contributed by atoms with Crippen LogP contribution in [0.25, 0.3) is 5.69 Å². The first-order valence-electron chi connectivity index (χ1n) is 11.2. The van der Waals surface area contributed by atoms with Gasteiger partial charge in [-0.2, -0.15) is 0 Å². The van der Waals surface area contributed by atoms with E-state index in [1.807, 2.05) is 48.5 Å². The zero-order valence-corrected chi connectivity index (χ0v) is 21.1. The fraction of sp³-hybridized carbons (Fsp3) is 0.185. The molecule has 0 saturated carbocycles. The zero-order chi connectivity index (χ0) is 24.7. The summed E-state index contributed by atoms with van der Waals surface area (Å²) in [6.07, 6.45) is 1.79. The molecule has 1 aliphatic heterocycles. The highest BCUT2D eigenvalue weighted by atomic mass is 35.5. The Morgan fingerprint density at radius 2 is 1.83 bits per heavy atom. The molecule has 6 nitrogen and oxygen atoms in total. The van der Waals surface area contributed by atoms with E-state index in [0.717, 1.165) is 39.8 Å². The highest BCUT2D eigenvalue weighted by Crippen LogP contribution is 2.44. The number of nitrogens with one attached hydrogen (secondary N) is 1. The number of thiocarbonyl (C=S) groups is 1. The predicted molar refractivity (Wildman–Crippen MR) is 143 cm³/mol. The molecular weight excluding hydrogens is 480 g/mol. The van der Waals surface area contributed by atoms with Gasteiger partial charge in [0.1, 0.15) is 11.5 Å². The predicted octanol–water partition coefficient (Wildman–Crippen LogP) is 6.03. The Morgan fingerprint density at radius 3 is 2.51 bits per heavy atom. The van der Waals surface area contributed by atoms with Crippen molar-refractivity contribution in [3.05, 3.63) is 101 Å². The fourth-order valence-corrected chi connectivity index (χ4v) is 5.37. The molecule has 5 rings (SSSR count). The maximum Gasteiger partial charge on any atom is 0.174 e. The third-order valence-corrected chi connectivity index (χ3v) is 6.95. The number of hydrogen-bond donors (Lipinski definition) is 2. The zero-order valence-electron chi connectivity index (χ0n) is 19.6. The van der Waals surface area contributed by atoms with Crippen LogP contribution in [-0.4, -0.2) is 26.9 Å². The third kappa shape index (κ3) is 4.11. The summed E-state index contributed by atoms with van der Waals surface area (Å²) in [5.41, 5.74) is 5.84. The Kier molecular flexibility index (Phi) is 6.13. The highest BCUT2D eigenvalue weighted by molar-refractivity contribution is 7.80. The van der Waals surface area contributed by atoms with Crippen molar-refractivity contribution < 1.29 is 9.84 Å². The number of aromatic nitrogens is 2. The number of benzene rings is 2. The molecule has 2 aromatic heterocycles. The van der Waals surface area contributed by atoms with Crippen LogP contribution in [0.3, 0.4) is 0 Å². The van der Waals surface area contributed by atoms with Crippen molar-refractivity contribution in [3.8, 4) is 17.2 Å². The molecule has 2 aromatic carbocycles. The number of anilines is 1. The minimum Gasteiger partial charge on any atom is -0.508 e. The summed E-state index contributed by atoms with van der Waals surface area (Å²) < 4.78 is 7.81. The van der Waals surface area contributed by atoms with Gasteiger partial charge in [-0.3, -0.25) is 4.98 Å². The second kappa shape index (κ2) is 9.24. The van der Waals surface area contributed by atoms with Crippen LogP contribution in [0.1, 0.15) is 34.7 Å². The highest BCUT2D eigenvalue weighted by Gasteiger charge is 2.42. The number of ether oxygens (including phenoxy) is 1. The number of halogens is 1. The maximum atomic E-state index is 9.86. The van der Waals surface area contributed by atoms with E-state index >= 15 is 0 Å². The number of phenols is 1. The van der Waals surface area contributed by atoms with Crippen LogP contribution >= 0.6 is 23.8 Å². The van der Waals surface area contributed by atoms with Crippen LogP contribution in [0.5, 0.6) is 11.5 Å². The van der Waals surface area contributed by atoms with E-state index < -0.39 is 0 Å². The number of hydrogen-bond acceptors (Lipinski definition) is 4. The molecule has 2 atom stereocenters. The quantitative estimate of drug-likeness (QED) is 0.323. The lowest BCUT2D eigenvalue weighted by atomic mass is 9.96. The van der Waals surface area contributed by atoms with Crippen molar-refractivity contribution in [1.82, 2.24) is 14.9 Å². The Hall–Kier alpha value is -3.55. The Morgan fingerprint density at radius 1 is 1.06 bits per heavy atom. The summed E-state index contributed by atoms with van der Waals surface area (Å²) in [5, 5.41) is 14.6. The van der Waals surface area contributed by atoms with Crippen LogP contribution in [0.15, 0.2) is 72.9 Å². The molecule has 1 fully saturated rings. The molecule has 35 heavy (non-hydrogen) atoms. The molecule has 0 spiro atoms. The van der Waals surface area contributed by atoms with E-state index in [0.29, 0.717) is 10.1 Å². The molecule has 3 heterocycles. The molecule has 0 aliphatic carbocycles. The number of aromatic hydroxyl groups is 1. The minimum atomic E-state index is -0.174. The first kappa shape index (κ1) is 23.2. The van der Waals surface area contributed by atoms with E-state index in [1.54, 1.807) is 25.4 Å². The van der Waals surface area contributed by atoms with Gasteiger partial charge in [-0.15, -0.1) is 0 Å². The standard InChI is InChI=1S/C27H25ClN4O2S/c1-16-14-21(17(2)31(16)23-15-18(28)7-12-24(23)34-3)26-25(22-6-4-5-13-29-22)30-27(35)32(26)19-8-10-20(33)11-9-19/h4-15,25-26,33H,1-3H3,(H,30,35). The average molecular weight is 505 g/mol. The van der Waals surface area contributed by atoms with Crippen LogP contribution in [-0.2, 0) is 0 Å². The lowest BCUT2D eigenvalue weighted by molar-refractivity contribution is 0.412. The van der Waals surface area contributed by atoms with Gasteiger partial charge in [0.25, 0.3) is 0 Å². The summed E-state index contributed by atoms with van der Waals surface area (Å²) in [6, 6.07) is 20.4. The van der Waals surface area contributed by atoms with E-state index in [2.05, 4.69) is 39.7 Å². The summed E-state index contributed by atoms with van der Waals surface area (Å²) in [5.74, 6) is 0.940. The Labute approximate surface area is 214 Å². The first-order chi connectivity index (χ1) is 16.9.